The number of aryl methyl sites for hydroxylation is 1. The fourth-order valence-corrected chi connectivity index (χ4v) is 3.48. The van der Waals surface area contributed by atoms with Crippen LogP contribution in [0.5, 0.6) is 0 Å². The Bertz CT molecular complexity index is 795. The van der Waals surface area contributed by atoms with Gasteiger partial charge in [0.05, 0.1) is 5.69 Å². The molecule has 0 aliphatic heterocycles. The van der Waals surface area contributed by atoms with E-state index in [0.717, 1.165) is 17.7 Å². The van der Waals surface area contributed by atoms with Crippen LogP contribution >= 0.6 is 27.7 Å². The molecule has 0 spiro atoms. The lowest BCUT2D eigenvalue weighted by Crippen LogP contribution is -2.39. The molecule has 0 bridgehead atoms. The third kappa shape index (κ3) is 5.17. The van der Waals surface area contributed by atoms with Gasteiger partial charge in [0.25, 0.3) is 0 Å². The number of alkyl halides is 3. The van der Waals surface area contributed by atoms with Gasteiger partial charge in [0, 0.05) is 29.2 Å². The van der Waals surface area contributed by atoms with Gasteiger partial charge in [-0.2, -0.15) is 13.2 Å². The van der Waals surface area contributed by atoms with Crippen molar-refractivity contribution in [1.82, 2.24) is 0 Å². The second kappa shape index (κ2) is 8.35. The Kier molecular flexibility index (Phi) is 6.63. The van der Waals surface area contributed by atoms with E-state index in [0.29, 0.717) is 10.2 Å². The molecule has 2 aromatic carbocycles. The van der Waals surface area contributed by atoms with Gasteiger partial charge in [0.15, 0.2) is 0 Å². The molecule has 0 saturated heterocycles. The monoisotopic (exact) mass is 445 g/mol. The van der Waals surface area contributed by atoms with E-state index in [-0.39, 0.29) is 22.6 Å². The predicted molar refractivity (Wildman–Crippen MR) is 106 cm³/mol. The van der Waals surface area contributed by atoms with Crippen LogP contribution in [-0.4, -0.2) is 25.6 Å². The number of benzene rings is 2. The van der Waals surface area contributed by atoms with Crippen molar-refractivity contribution in [2.24, 2.45) is 0 Å². The van der Waals surface area contributed by atoms with Crippen molar-refractivity contribution in [3.63, 3.8) is 0 Å². The standard InChI is InChI=1S/C18H19BrF3N3S/c1-4-12-6-5-7-13(10-12)24(2)17(23)25(3)16-11-14(8-9-15(16)19)26-18(20,21)22/h5-11,23H,4H2,1-3H3. The summed E-state index contributed by atoms with van der Waals surface area (Å²) in [4.78, 5) is 3.31. The van der Waals surface area contributed by atoms with Gasteiger partial charge < -0.3 is 9.80 Å². The molecule has 0 aliphatic carbocycles. The molecule has 3 nitrogen and oxygen atoms in total. The predicted octanol–water partition coefficient (Wildman–Crippen LogP) is 6.13. The Morgan fingerprint density at radius 3 is 2.42 bits per heavy atom. The molecule has 2 aromatic rings. The third-order valence-corrected chi connectivity index (χ3v) is 5.25. The molecule has 0 amide bonds. The number of halogens is 4. The summed E-state index contributed by atoms with van der Waals surface area (Å²) in [5.74, 6) is 0.146. The van der Waals surface area contributed by atoms with Gasteiger partial charge >= 0.3 is 5.51 Å². The van der Waals surface area contributed by atoms with Crippen LogP contribution in [0.1, 0.15) is 12.5 Å². The summed E-state index contributed by atoms with van der Waals surface area (Å²) in [6.07, 6.45) is 0.882. The Hall–Kier alpha value is -1.67. The maximum absolute atomic E-state index is 12.6. The lowest BCUT2D eigenvalue weighted by Gasteiger charge is -2.29. The van der Waals surface area contributed by atoms with Crippen molar-refractivity contribution >= 4 is 45.0 Å². The highest BCUT2D eigenvalue weighted by atomic mass is 79.9. The minimum Gasteiger partial charge on any atom is -0.316 e. The Morgan fingerprint density at radius 1 is 1.12 bits per heavy atom. The van der Waals surface area contributed by atoms with E-state index in [1.165, 1.54) is 12.1 Å². The molecule has 0 aliphatic rings. The minimum atomic E-state index is -4.35. The molecule has 0 fully saturated rings. The van der Waals surface area contributed by atoms with Gasteiger partial charge in [-0.1, -0.05) is 19.1 Å². The van der Waals surface area contributed by atoms with E-state index in [1.807, 2.05) is 24.3 Å². The first-order valence-corrected chi connectivity index (χ1v) is 9.43. The normalized spacial score (nSPS) is 11.3. The van der Waals surface area contributed by atoms with Gasteiger partial charge in [-0.25, -0.2) is 0 Å². The van der Waals surface area contributed by atoms with Crippen molar-refractivity contribution in [3.8, 4) is 0 Å². The molecule has 1 N–H and O–H groups in total. The highest BCUT2D eigenvalue weighted by Gasteiger charge is 2.29. The van der Waals surface area contributed by atoms with E-state index in [9.17, 15) is 13.2 Å². The smallest absolute Gasteiger partial charge is 0.316 e. The maximum atomic E-state index is 12.6. The summed E-state index contributed by atoms with van der Waals surface area (Å²) in [5.41, 5.74) is -1.87. The van der Waals surface area contributed by atoms with Crippen molar-refractivity contribution < 1.29 is 13.2 Å². The number of anilines is 2. The average Bonchev–Trinajstić information content (AvgIpc) is 2.60. The molecule has 0 heterocycles. The molecule has 140 valence electrons. The quantitative estimate of drug-likeness (QED) is 0.348. The molecule has 0 radical (unpaired) electrons. The van der Waals surface area contributed by atoms with Crippen LogP contribution in [0.4, 0.5) is 24.5 Å². The van der Waals surface area contributed by atoms with Crippen LogP contribution in [0.25, 0.3) is 0 Å². The molecule has 0 atom stereocenters. The van der Waals surface area contributed by atoms with Gasteiger partial charge in [-0.15, -0.1) is 0 Å². The van der Waals surface area contributed by atoms with Gasteiger partial charge in [0.1, 0.15) is 0 Å². The minimum absolute atomic E-state index is 0.0750. The van der Waals surface area contributed by atoms with Crippen molar-refractivity contribution in [1.29, 1.82) is 5.41 Å². The molecule has 0 aromatic heterocycles. The average molecular weight is 446 g/mol. The molecule has 0 saturated carbocycles. The highest BCUT2D eigenvalue weighted by molar-refractivity contribution is 9.10. The second-order valence-corrected chi connectivity index (χ2v) is 7.62. The van der Waals surface area contributed by atoms with E-state index in [4.69, 9.17) is 5.41 Å². The Morgan fingerprint density at radius 2 is 1.81 bits per heavy atom. The lowest BCUT2D eigenvalue weighted by molar-refractivity contribution is -0.0328. The van der Waals surface area contributed by atoms with Crippen molar-refractivity contribution in [3.05, 3.63) is 52.5 Å². The number of hydrogen-bond donors (Lipinski definition) is 1. The van der Waals surface area contributed by atoms with Gasteiger partial charge in [-0.3, -0.25) is 5.41 Å². The first kappa shape index (κ1) is 20.6. The van der Waals surface area contributed by atoms with Crippen molar-refractivity contribution in [2.45, 2.75) is 23.7 Å². The van der Waals surface area contributed by atoms with Crippen LogP contribution in [0, 0.1) is 5.41 Å². The van der Waals surface area contributed by atoms with E-state index >= 15 is 0 Å². The summed E-state index contributed by atoms with van der Waals surface area (Å²) in [7, 11) is 3.42. The molecular formula is C18H19BrF3N3S. The van der Waals surface area contributed by atoms with Gasteiger partial charge in [0.2, 0.25) is 5.96 Å². The number of guanidine groups is 1. The number of thioether (sulfide) groups is 1. The lowest BCUT2D eigenvalue weighted by atomic mass is 10.1. The zero-order valence-corrected chi connectivity index (χ0v) is 17.0. The van der Waals surface area contributed by atoms with Gasteiger partial charge in [-0.05, 0) is 70.0 Å². The molecular weight excluding hydrogens is 427 g/mol. The Labute approximate surface area is 163 Å². The summed E-state index contributed by atoms with van der Waals surface area (Å²) in [6.45, 7) is 2.05. The molecule has 26 heavy (non-hydrogen) atoms. The molecule has 0 unspecified atom stereocenters. The van der Waals surface area contributed by atoms with Crippen LogP contribution in [0.3, 0.4) is 0 Å². The Balaban J connectivity index is 2.27. The zero-order valence-electron chi connectivity index (χ0n) is 14.6. The van der Waals surface area contributed by atoms with Crippen LogP contribution in [0.2, 0.25) is 0 Å². The van der Waals surface area contributed by atoms with Crippen LogP contribution in [-0.2, 0) is 6.42 Å². The third-order valence-electron chi connectivity index (χ3n) is 3.85. The van der Waals surface area contributed by atoms with E-state index in [2.05, 4.69) is 22.9 Å². The summed E-state index contributed by atoms with van der Waals surface area (Å²) in [6, 6.07) is 12.2. The number of nitrogens with zero attached hydrogens (tertiary/aromatic N) is 2. The largest absolute Gasteiger partial charge is 0.446 e. The van der Waals surface area contributed by atoms with E-state index < -0.39 is 5.51 Å². The van der Waals surface area contributed by atoms with Crippen LogP contribution < -0.4 is 9.80 Å². The fraction of sp³-hybridized carbons (Fsp3) is 0.278. The molecule has 2 rings (SSSR count). The summed E-state index contributed by atoms with van der Waals surface area (Å²) in [5, 5.41) is 8.45. The second-order valence-electron chi connectivity index (χ2n) is 5.63. The topological polar surface area (TPSA) is 30.3 Å². The zero-order chi connectivity index (χ0) is 19.5. The first-order valence-electron chi connectivity index (χ1n) is 7.82. The van der Waals surface area contributed by atoms with Crippen LogP contribution in [0.15, 0.2) is 51.8 Å². The number of hydrogen-bond acceptors (Lipinski definition) is 2. The summed E-state index contributed by atoms with van der Waals surface area (Å²) >= 11 is 3.19. The first-order chi connectivity index (χ1) is 12.1. The number of nitrogens with one attached hydrogen (secondary N) is 1. The maximum Gasteiger partial charge on any atom is 0.446 e. The number of rotatable bonds is 4. The summed E-state index contributed by atoms with van der Waals surface area (Å²) < 4.78 is 38.5. The molecule has 8 heteroatoms. The van der Waals surface area contributed by atoms with Crippen molar-refractivity contribution in [2.75, 3.05) is 23.9 Å². The van der Waals surface area contributed by atoms with E-state index in [1.54, 1.807) is 30.0 Å². The SMILES string of the molecule is CCc1cccc(N(C)C(=N)N(C)c2cc(SC(F)(F)F)ccc2Br)c1. The highest BCUT2D eigenvalue weighted by Crippen LogP contribution is 2.40. The fourth-order valence-electron chi connectivity index (χ4n) is 2.39.